The molecule has 3 aromatic rings. The standard InChI is InChI=1S/C14H12ClN5O2S/c1-20-11(6-7-16-20)13-18-19-14(22-13)17-12(21)8-23-10-4-2-9(15)3-5-10/h2-7H,8H2,1H3,(H,17,19,21). The lowest BCUT2D eigenvalue weighted by Gasteiger charge is -2.01. The number of hydrogen-bond acceptors (Lipinski definition) is 6. The number of anilines is 1. The molecule has 1 amide bonds. The lowest BCUT2D eigenvalue weighted by molar-refractivity contribution is -0.113. The third kappa shape index (κ3) is 3.91. The summed E-state index contributed by atoms with van der Waals surface area (Å²) in [6.45, 7) is 0. The van der Waals surface area contributed by atoms with E-state index in [1.165, 1.54) is 11.8 Å². The number of hydrogen-bond donors (Lipinski definition) is 1. The van der Waals surface area contributed by atoms with Crippen LogP contribution in [0.15, 0.2) is 45.8 Å². The minimum Gasteiger partial charge on any atom is -0.401 e. The van der Waals surface area contributed by atoms with Crippen molar-refractivity contribution in [1.82, 2.24) is 20.0 Å². The number of carbonyl (C=O) groups excluding carboxylic acids is 1. The first kappa shape index (κ1) is 15.6. The van der Waals surface area contributed by atoms with E-state index in [1.807, 2.05) is 12.1 Å². The average molecular weight is 350 g/mol. The van der Waals surface area contributed by atoms with Crippen molar-refractivity contribution in [2.45, 2.75) is 4.90 Å². The van der Waals surface area contributed by atoms with Gasteiger partial charge in [0.15, 0.2) is 0 Å². The quantitative estimate of drug-likeness (QED) is 0.713. The monoisotopic (exact) mass is 349 g/mol. The minimum atomic E-state index is -0.231. The van der Waals surface area contributed by atoms with Crippen LogP contribution in [0, 0.1) is 0 Å². The summed E-state index contributed by atoms with van der Waals surface area (Å²) in [5, 5.41) is 14.9. The molecule has 0 aliphatic carbocycles. The number of rotatable bonds is 5. The van der Waals surface area contributed by atoms with Gasteiger partial charge in [0.1, 0.15) is 5.69 Å². The molecule has 0 aliphatic heterocycles. The van der Waals surface area contributed by atoms with Crippen molar-refractivity contribution in [3.8, 4) is 11.6 Å². The molecule has 2 heterocycles. The highest BCUT2D eigenvalue weighted by molar-refractivity contribution is 8.00. The Labute approximate surface area is 141 Å². The Bertz CT molecular complexity index is 815. The van der Waals surface area contributed by atoms with E-state index < -0.39 is 0 Å². The van der Waals surface area contributed by atoms with E-state index in [1.54, 1.807) is 36.1 Å². The van der Waals surface area contributed by atoms with Crippen LogP contribution in [0.1, 0.15) is 0 Å². The number of amides is 1. The Balaban J connectivity index is 1.57. The number of nitrogens with one attached hydrogen (secondary N) is 1. The number of benzene rings is 1. The number of aryl methyl sites for hydroxylation is 1. The Morgan fingerprint density at radius 2 is 2.09 bits per heavy atom. The van der Waals surface area contributed by atoms with Gasteiger partial charge in [0.2, 0.25) is 5.91 Å². The average Bonchev–Trinajstić information content (AvgIpc) is 3.15. The molecule has 0 unspecified atom stereocenters. The molecule has 1 N–H and O–H groups in total. The molecular formula is C14H12ClN5O2S. The van der Waals surface area contributed by atoms with Gasteiger partial charge in [-0.15, -0.1) is 16.9 Å². The summed E-state index contributed by atoms with van der Waals surface area (Å²) in [6.07, 6.45) is 1.63. The molecule has 0 atom stereocenters. The maximum atomic E-state index is 11.9. The highest BCUT2D eigenvalue weighted by atomic mass is 35.5. The van der Waals surface area contributed by atoms with Crippen molar-refractivity contribution in [2.75, 3.05) is 11.1 Å². The SMILES string of the molecule is Cn1nccc1-c1nnc(NC(=O)CSc2ccc(Cl)cc2)o1. The van der Waals surface area contributed by atoms with E-state index >= 15 is 0 Å². The van der Waals surface area contributed by atoms with Gasteiger partial charge in [0.25, 0.3) is 5.89 Å². The van der Waals surface area contributed by atoms with E-state index in [2.05, 4.69) is 20.6 Å². The molecule has 1 aromatic carbocycles. The zero-order chi connectivity index (χ0) is 16.2. The van der Waals surface area contributed by atoms with Gasteiger partial charge in [0.05, 0.1) is 5.75 Å². The van der Waals surface area contributed by atoms with Crippen LogP contribution in [0.25, 0.3) is 11.6 Å². The maximum Gasteiger partial charge on any atom is 0.322 e. The molecule has 9 heteroatoms. The fourth-order valence-electron chi connectivity index (χ4n) is 1.80. The molecule has 0 aliphatic rings. The van der Waals surface area contributed by atoms with Gasteiger partial charge in [0, 0.05) is 23.2 Å². The highest BCUT2D eigenvalue weighted by Crippen LogP contribution is 2.21. The third-order valence-corrected chi connectivity index (χ3v) is 4.16. The number of aromatic nitrogens is 4. The maximum absolute atomic E-state index is 11.9. The van der Waals surface area contributed by atoms with Crippen LogP contribution >= 0.6 is 23.4 Å². The summed E-state index contributed by atoms with van der Waals surface area (Å²) in [5.41, 5.74) is 0.675. The van der Waals surface area contributed by atoms with Crippen LogP contribution in [-0.4, -0.2) is 31.6 Å². The molecule has 7 nitrogen and oxygen atoms in total. The minimum absolute atomic E-state index is 0.0582. The first-order valence-electron chi connectivity index (χ1n) is 6.62. The highest BCUT2D eigenvalue weighted by Gasteiger charge is 2.13. The fraction of sp³-hybridized carbons (Fsp3) is 0.143. The summed E-state index contributed by atoms with van der Waals surface area (Å²) < 4.78 is 7.01. The predicted octanol–water partition coefficient (Wildman–Crippen LogP) is 2.85. The first-order valence-corrected chi connectivity index (χ1v) is 7.98. The molecule has 0 saturated heterocycles. The van der Waals surface area contributed by atoms with Gasteiger partial charge in [-0.2, -0.15) is 5.10 Å². The molecule has 118 valence electrons. The van der Waals surface area contributed by atoms with Gasteiger partial charge in [-0.25, -0.2) is 0 Å². The molecular weight excluding hydrogens is 338 g/mol. The van der Waals surface area contributed by atoms with E-state index in [4.69, 9.17) is 16.0 Å². The second kappa shape index (κ2) is 6.84. The third-order valence-electron chi connectivity index (χ3n) is 2.89. The molecule has 0 fully saturated rings. The van der Waals surface area contributed by atoms with Crippen molar-refractivity contribution in [1.29, 1.82) is 0 Å². The fourth-order valence-corrected chi connectivity index (χ4v) is 2.62. The molecule has 0 spiro atoms. The predicted molar refractivity (Wildman–Crippen MR) is 87.3 cm³/mol. The van der Waals surface area contributed by atoms with Crippen molar-refractivity contribution < 1.29 is 9.21 Å². The molecule has 0 saturated carbocycles. The second-order valence-corrected chi connectivity index (χ2v) is 6.03. The van der Waals surface area contributed by atoms with Crippen LogP contribution in [0.3, 0.4) is 0 Å². The first-order chi connectivity index (χ1) is 11.1. The Morgan fingerprint density at radius 3 is 2.78 bits per heavy atom. The summed E-state index contributed by atoms with van der Waals surface area (Å²) >= 11 is 7.20. The number of nitrogens with zero attached hydrogens (tertiary/aromatic N) is 4. The zero-order valence-corrected chi connectivity index (χ0v) is 13.6. The van der Waals surface area contributed by atoms with Crippen LogP contribution in [0.5, 0.6) is 0 Å². The normalized spacial score (nSPS) is 10.7. The summed E-state index contributed by atoms with van der Waals surface area (Å²) in [4.78, 5) is 12.9. The van der Waals surface area contributed by atoms with Gasteiger partial charge in [-0.1, -0.05) is 16.7 Å². The van der Waals surface area contributed by atoms with Gasteiger partial charge in [-0.05, 0) is 30.3 Å². The van der Waals surface area contributed by atoms with Gasteiger partial charge in [-0.3, -0.25) is 14.8 Å². The van der Waals surface area contributed by atoms with Crippen molar-refractivity contribution in [3.05, 3.63) is 41.6 Å². The van der Waals surface area contributed by atoms with Crippen LogP contribution < -0.4 is 5.32 Å². The summed E-state index contributed by atoms with van der Waals surface area (Å²) in [5.74, 6) is 0.293. The van der Waals surface area contributed by atoms with Gasteiger partial charge < -0.3 is 4.42 Å². The molecule has 3 rings (SSSR count). The van der Waals surface area contributed by atoms with Crippen molar-refractivity contribution in [2.24, 2.45) is 7.05 Å². The van der Waals surface area contributed by atoms with Gasteiger partial charge >= 0.3 is 6.01 Å². The number of carbonyl (C=O) groups is 1. The van der Waals surface area contributed by atoms with E-state index in [0.717, 1.165) is 4.90 Å². The van der Waals surface area contributed by atoms with Crippen LogP contribution in [0.2, 0.25) is 5.02 Å². The topological polar surface area (TPSA) is 85.8 Å². The Kier molecular flexibility index (Phi) is 4.63. The Morgan fingerprint density at radius 1 is 1.30 bits per heavy atom. The number of halogens is 1. The van der Waals surface area contributed by atoms with E-state index in [0.29, 0.717) is 16.6 Å². The van der Waals surface area contributed by atoms with Crippen molar-refractivity contribution in [3.63, 3.8) is 0 Å². The summed E-state index contributed by atoms with van der Waals surface area (Å²) in [6, 6.07) is 9.07. The van der Waals surface area contributed by atoms with E-state index in [9.17, 15) is 4.79 Å². The summed E-state index contributed by atoms with van der Waals surface area (Å²) in [7, 11) is 1.76. The van der Waals surface area contributed by atoms with E-state index in [-0.39, 0.29) is 17.7 Å². The van der Waals surface area contributed by atoms with Crippen LogP contribution in [-0.2, 0) is 11.8 Å². The lowest BCUT2D eigenvalue weighted by Crippen LogP contribution is -2.14. The van der Waals surface area contributed by atoms with Crippen LogP contribution in [0.4, 0.5) is 6.01 Å². The number of thioether (sulfide) groups is 1. The Hall–Kier alpha value is -2.32. The molecule has 23 heavy (non-hydrogen) atoms. The van der Waals surface area contributed by atoms with Crippen molar-refractivity contribution >= 4 is 35.3 Å². The molecule has 0 radical (unpaired) electrons. The second-order valence-electron chi connectivity index (χ2n) is 4.54. The molecule has 2 aromatic heterocycles. The molecule has 0 bridgehead atoms. The smallest absolute Gasteiger partial charge is 0.322 e. The largest absolute Gasteiger partial charge is 0.401 e. The zero-order valence-electron chi connectivity index (χ0n) is 12.1. The lowest BCUT2D eigenvalue weighted by atomic mass is 10.4.